The lowest BCUT2D eigenvalue weighted by atomic mass is 9.91. The lowest BCUT2D eigenvalue weighted by molar-refractivity contribution is -0.147. The summed E-state index contributed by atoms with van der Waals surface area (Å²) >= 11 is 7.32. The van der Waals surface area contributed by atoms with E-state index >= 15 is 0 Å². The number of anilines is 1. The predicted molar refractivity (Wildman–Crippen MR) is 176 cm³/mol. The molecule has 9 nitrogen and oxygen atoms in total. The van der Waals surface area contributed by atoms with Gasteiger partial charge in [-0.2, -0.15) is 0 Å². The summed E-state index contributed by atoms with van der Waals surface area (Å²) in [7, 11) is 3.19. The maximum Gasteiger partial charge on any atom is 0.345 e. The molecule has 46 heavy (non-hydrogen) atoms. The first-order valence-corrected chi connectivity index (χ1v) is 15.7. The normalized spacial score (nSPS) is 15.6. The lowest BCUT2D eigenvalue weighted by Crippen LogP contribution is -2.52. The molecule has 1 atom stereocenters. The largest absolute Gasteiger partial charge is 0.497 e. The van der Waals surface area contributed by atoms with Crippen molar-refractivity contribution in [3.8, 4) is 11.5 Å². The Morgan fingerprint density at radius 3 is 2.39 bits per heavy atom. The molecule has 0 saturated heterocycles. The van der Waals surface area contributed by atoms with E-state index in [4.69, 9.17) is 25.8 Å². The van der Waals surface area contributed by atoms with Crippen LogP contribution in [0.4, 0.5) is 5.69 Å². The highest BCUT2D eigenvalue weighted by Gasteiger charge is 2.59. The first kappa shape index (κ1) is 31.1. The van der Waals surface area contributed by atoms with Crippen LogP contribution in [0.2, 0.25) is 5.02 Å². The highest BCUT2D eigenvalue weighted by atomic mass is 35.5. The molecule has 5 aromatic rings. The monoisotopic (exact) mass is 656 g/mol. The molecule has 2 aromatic heterocycles. The molecule has 1 aliphatic rings. The van der Waals surface area contributed by atoms with Crippen molar-refractivity contribution >= 4 is 63.2 Å². The molecule has 0 fully saturated rings. The third kappa shape index (κ3) is 4.94. The Morgan fingerprint density at radius 1 is 0.978 bits per heavy atom. The molecule has 11 heteroatoms. The van der Waals surface area contributed by atoms with Crippen LogP contribution in [0, 0.1) is 6.92 Å². The fourth-order valence-corrected chi connectivity index (χ4v) is 7.08. The topological polar surface area (TPSA) is 104 Å². The van der Waals surface area contributed by atoms with Crippen LogP contribution in [-0.2, 0) is 26.3 Å². The van der Waals surface area contributed by atoms with Crippen LogP contribution in [0.15, 0.2) is 78.2 Å². The van der Waals surface area contributed by atoms with Gasteiger partial charge in [-0.05, 0) is 85.5 Å². The van der Waals surface area contributed by atoms with Gasteiger partial charge in [0.2, 0.25) is 11.3 Å². The van der Waals surface area contributed by atoms with Gasteiger partial charge >= 0.3 is 11.9 Å². The average Bonchev–Trinajstić information content (AvgIpc) is 3.73. The van der Waals surface area contributed by atoms with E-state index in [1.54, 1.807) is 110 Å². The van der Waals surface area contributed by atoms with Crippen LogP contribution >= 0.6 is 22.9 Å². The molecule has 0 unspecified atom stereocenters. The quantitative estimate of drug-likeness (QED) is 0.105. The minimum atomic E-state index is -1.68. The number of fused-ring (bicyclic) bond motifs is 2. The van der Waals surface area contributed by atoms with Crippen molar-refractivity contribution < 1.29 is 33.4 Å². The first-order valence-electron chi connectivity index (χ1n) is 14.4. The zero-order valence-corrected chi connectivity index (χ0v) is 27.0. The van der Waals surface area contributed by atoms with Gasteiger partial charge in [0, 0.05) is 45.2 Å². The molecule has 0 saturated carbocycles. The molecule has 0 radical (unpaired) electrons. The molecular weight excluding hydrogens is 628 g/mol. The van der Waals surface area contributed by atoms with Gasteiger partial charge in [0.1, 0.15) is 11.5 Å². The van der Waals surface area contributed by atoms with Crippen molar-refractivity contribution in [1.82, 2.24) is 4.57 Å². The molecule has 6 rings (SSSR count). The number of rotatable bonds is 8. The van der Waals surface area contributed by atoms with Crippen molar-refractivity contribution in [2.24, 2.45) is 0 Å². The van der Waals surface area contributed by atoms with Gasteiger partial charge in [0.15, 0.2) is 0 Å². The fraction of sp³-hybridized carbons (Fsp3) is 0.200. The number of halogens is 1. The molecule has 0 bridgehead atoms. The summed E-state index contributed by atoms with van der Waals surface area (Å²) in [6.07, 6.45) is -0.149. The molecule has 0 spiro atoms. The van der Waals surface area contributed by atoms with Gasteiger partial charge in [-0.15, -0.1) is 11.3 Å². The third-order valence-electron chi connectivity index (χ3n) is 8.24. The van der Waals surface area contributed by atoms with Crippen LogP contribution < -0.4 is 14.4 Å². The van der Waals surface area contributed by atoms with Gasteiger partial charge in [-0.1, -0.05) is 17.7 Å². The van der Waals surface area contributed by atoms with Crippen molar-refractivity contribution in [2.45, 2.75) is 25.8 Å². The number of methoxy groups -OCH3 is 1. The third-order valence-corrected chi connectivity index (χ3v) is 9.48. The summed E-state index contributed by atoms with van der Waals surface area (Å²) in [5.74, 6) is -1.16. The summed E-state index contributed by atoms with van der Waals surface area (Å²) in [4.78, 5) is 56.4. The highest BCUT2D eigenvalue weighted by molar-refractivity contribution is 7.10. The Kier molecular flexibility index (Phi) is 8.18. The van der Waals surface area contributed by atoms with Gasteiger partial charge in [-0.25, -0.2) is 4.79 Å². The van der Waals surface area contributed by atoms with Crippen molar-refractivity contribution in [3.63, 3.8) is 0 Å². The minimum absolute atomic E-state index is 0.110. The molecule has 0 aliphatic carbocycles. The molecule has 3 aromatic carbocycles. The first-order chi connectivity index (χ1) is 22.1. The van der Waals surface area contributed by atoms with Crippen molar-refractivity contribution in [3.05, 3.63) is 110 Å². The van der Waals surface area contributed by atoms with E-state index in [0.29, 0.717) is 54.6 Å². The number of carbonyl (C=O) groups is 4. The maximum absolute atomic E-state index is 13.8. The summed E-state index contributed by atoms with van der Waals surface area (Å²) in [5.41, 5.74) is 1.31. The number of thiophene rings is 1. The van der Waals surface area contributed by atoms with Gasteiger partial charge in [0.25, 0.3) is 5.91 Å². The highest BCUT2D eigenvalue weighted by Crippen LogP contribution is 2.47. The van der Waals surface area contributed by atoms with E-state index in [0.717, 1.165) is 0 Å². The van der Waals surface area contributed by atoms with Crippen LogP contribution in [0.25, 0.3) is 10.9 Å². The minimum Gasteiger partial charge on any atom is -0.497 e. The molecule has 0 amide bonds. The Balaban J connectivity index is 1.32. The second kappa shape index (κ2) is 12.1. The zero-order valence-electron chi connectivity index (χ0n) is 25.5. The molecule has 3 heterocycles. The Bertz CT molecular complexity index is 2020. The Labute approximate surface area is 273 Å². The maximum atomic E-state index is 13.8. The van der Waals surface area contributed by atoms with Gasteiger partial charge < -0.3 is 19.1 Å². The second-order valence-corrected chi connectivity index (χ2v) is 12.1. The van der Waals surface area contributed by atoms with E-state index in [-0.39, 0.29) is 24.7 Å². The number of esters is 2. The van der Waals surface area contributed by atoms with Crippen molar-refractivity contribution in [2.75, 3.05) is 25.7 Å². The fourth-order valence-electron chi connectivity index (χ4n) is 6.01. The number of carbonyl (C=O) groups excluding carboxylic acids is 4. The van der Waals surface area contributed by atoms with Gasteiger partial charge in [0.05, 0.1) is 31.3 Å². The number of ether oxygens (including phenoxy) is 3. The van der Waals surface area contributed by atoms with E-state index in [1.165, 1.54) is 17.4 Å². The van der Waals surface area contributed by atoms with Crippen molar-refractivity contribution in [1.29, 1.82) is 0 Å². The van der Waals surface area contributed by atoms with E-state index in [2.05, 4.69) is 0 Å². The number of nitrogens with zero attached hydrogens (tertiary/aromatic N) is 2. The van der Waals surface area contributed by atoms with Crippen LogP contribution in [-0.4, -0.2) is 49.0 Å². The van der Waals surface area contributed by atoms with E-state index in [9.17, 15) is 19.2 Å². The van der Waals surface area contributed by atoms with Gasteiger partial charge in [-0.3, -0.25) is 19.0 Å². The van der Waals surface area contributed by atoms with E-state index in [1.807, 2.05) is 0 Å². The molecule has 0 N–H and O–H groups in total. The lowest BCUT2D eigenvalue weighted by Gasteiger charge is -2.32. The molecular formula is C35H29ClN2O7S. The van der Waals surface area contributed by atoms with Crippen LogP contribution in [0.5, 0.6) is 11.5 Å². The summed E-state index contributed by atoms with van der Waals surface area (Å²) in [6.45, 7) is 3.57. The van der Waals surface area contributed by atoms with Crippen LogP contribution in [0.3, 0.4) is 0 Å². The number of benzene rings is 3. The number of hydrogen-bond donors (Lipinski definition) is 0. The summed E-state index contributed by atoms with van der Waals surface area (Å²) < 4.78 is 18.2. The Hall–Kier alpha value is -4.93. The number of aromatic nitrogens is 1. The number of hydrogen-bond acceptors (Lipinski definition) is 9. The predicted octanol–water partition coefficient (Wildman–Crippen LogP) is 6.60. The Morgan fingerprint density at radius 2 is 1.72 bits per heavy atom. The SMILES string of the molecule is CCOC(=O)[C@@]1(c2cccs2)C(=O)c2ccc(OC(=O)Cc3c(C)n(C(=O)c4ccc(Cl)cc4)c4ccc(OC)cc34)cc2N1C. The van der Waals surface area contributed by atoms with E-state index < -0.39 is 23.3 Å². The standard InChI is InChI=1S/C35H29ClN2O7S/c1-5-44-34(42)35(30-7-6-16-46-30)32(40)25-14-12-24(18-29(25)37(35)3)45-31(39)19-26-20(2)38(28-15-13-23(43-4)17-27(26)28)33(41)21-8-10-22(36)11-9-21/h6-18H,5,19H2,1-4H3/t35-/m1/s1. The second-order valence-electron chi connectivity index (χ2n) is 10.7. The number of Topliss-reactive ketones (excluding diaryl/α,β-unsaturated/α-hetero) is 1. The molecule has 234 valence electrons. The smallest absolute Gasteiger partial charge is 0.345 e. The number of ketones is 1. The summed E-state index contributed by atoms with van der Waals surface area (Å²) in [6, 6.07) is 20.1. The number of likely N-dealkylation sites (N-methyl/N-ethyl adjacent to an activating group) is 1. The zero-order chi connectivity index (χ0) is 32.7. The van der Waals surface area contributed by atoms with Crippen LogP contribution in [0.1, 0.15) is 43.8 Å². The molecule has 1 aliphatic heterocycles. The average molecular weight is 657 g/mol. The summed E-state index contributed by atoms with van der Waals surface area (Å²) in [5, 5.41) is 2.98.